The van der Waals surface area contributed by atoms with E-state index >= 15 is 0 Å². The van der Waals surface area contributed by atoms with E-state index in [9.17, 15) is 4.39 Å². The van der Waals surface area contributed by atoms with Gasteiger partial charge in [0.05, 0.1) is 18.0 Å². The predicted molar refractivity (Wildman–Crippen MR) is 86.4 cm³/mol. The molecule has 3 nitrogen and oxygen atoms in total. The second-order valence-electron chi connectivity index (χ2n) is 6.69. The van der Waals surface area contributed by atoms with E-state index in [0.29, 0.717) is 23.5 Å². The molecule has 1 fully saturated rings. The van der Waals surface area contributed by atoms with Crippen LogP contribution in [-0.4, -0.2) is 19.7 Å². The lowest BCUT2D eigenvalue weighted by Gasteiger charge is -2.26. The maximum Gasteiger partial charge on any atom is 0.167 e. The minimum atomic E-state index is -0.375. The van der Waals surface area contributed by atoms with Gasteiger partial charge in [-0.25, -0.2) is 4.39 Å². The number of hydrogen-bond donors (Lipinski definition) is 1. The molecule has 0 unspecified atom stereocenters. The third-order valence-electron chi connectivity index (χ3n) is 4.22. The number of rotatable bonds is 4. The van der Waals surface area contributed by atoms with Gasteiger partial charge >= 0.3 is 0 Å². The summed E-state index contributed by atoms with van der Waals surface area (Å²) in [5, 5.41) is 0. The molecule has 0 amide bonds. The zero-order chi connectivity index (χ0) is 15.5. The van der Waals surface area contributed by atoms with Gasteiger partial charge in [0, 0.05) is 25.2 Å². The number of halogens is 1. The smallest absolute Gasteiger partial charge is 0.167 e. The molecule has 0 aromatic heterocycles. The van der Waals surface area contributed by atoms with Crippen molar-refractivity contribution in [3.63, 3.8) is 0 Å². The number of nitrogens with zero attached hydrogens (tertiary/aromatic N) is 1. The van der Waals surface area contributed by atoms with Crippen molar-refractivity contribution in [3.05, 3.63) is 17.9 Å². The zero-order valence-corrected chi connectivity index (χ0v) is 13.4. The molecule has 0 radical (unpaired) electrons. The van der Waals surface area contributed by atoms with E-state index in [4.69, 9.17) is 10.5 Å². The molecule has 0 spiro atoms. The minimum Gasteiger partial charge on any atom is -0.490 e. The molecule has 0 bridgehead atoms. The molecule has 1 aromatic carbocycles. The van der Waals surface area contributed by atoms with Gasteiger partial charge in [-0.05, 0) is 31.1 Å². The van der Waals surface area contributed by atoms with E-state index < -0.39 is 0 Å². The molecule has 1 saturated heterocycles. The number of hydrogen-bond acceptors (Lipinski definition) is 3. The molecule has 4 heteroatoms. The maximum atomic E-state index is 13.9. The largest absolute Gasteiger partial charge is 0.490 e. The van der Waals surface area contributed by atoms with Crippen molar-refractivity contribution < 1.29 is 9.13 Å². The summed E-state index contributed by atoms with van der Waals surface area (Å²) in [6, 6.07) is 3.15. The summed E-state index contributed by atoms with van der Waals surface area (Å²) in [4.78, 5) is 2.27. The first-order chi connectivity index (χ1) is 9.93. The molecule has 1 aliphatic heterocycles. The van der Waals surface area contributed by atoms with E-state index in [0.717, 1.165) is 38.0 Å². The Morgan fingerprint density at radius 3 is 2.76 bits per heavy atom. The summed E-state index contributed by atoms with van der Waals surface area (Å²) < 4.78 is 19.4. The molecule has 21 heavy (non-hydrogen) atoms. The van der Waals surface area contributed by atoms with Gasteiger partial charge in [0.15, 0.2) is 11.6 Å². The standard InChI is InChI=1S/C17H27FN2O/c1-4-10-21-16-12-15(14(19)11-13(16)18)20-8-5-6-17(2,3)7-9-20/h11-12H,4-10,19H2,1-3H3. The van der Waals surface area contributed by atoms with Gasteiger partial charge in [-0.15, -0.1) is 0 Å². The summed E-state index contributed by atoms with van der Waals surface area (Å²) >= 11 is 0. The van der Waals surface area contributed by atoms with E-state index in [1.54, 1.807) is 6.07 Å². The van der Waals surface area contributed by atoms with E-state index in [-0.39, 0.29) is 5.82 Å². The quantitative estimate of drug-likeness (QED) is 0.845. The minimum absolute atomic E-state index is 0.310. The highest BCUT2D eigenvalue weighted by molar-refractivity contribution is 5.70. The summed E-state index contributed by atoms with van der Waals surface area (Å²) in [6.45, 7) is 9.06. The van der Waals surface area contributed by atoms with Gasteiger partial charge in [-0.1, -0.05) is 20.8 Å². The van der Waals surface area contributed by atoms with Crippen LogP contribution in [0, 0.1) is 11.2 Å². The van der Waals surface area contributed by atoms with E-state index in [2.05, 4.69) is 18.7 Å². The lowest BCUT2D eigenvalue weighted by Crippen LogP contribution is -2.26. The first kappa shape index (κ1) is 15.9. The van der Waals surface area contributed by atoms with Crippen LogP contribution >= 0.6 is 0 Å². The molecule has 0 aliphatic carbocycles. The molecule has 0 saturated carbocycles. The Morgan fingerprint density at radius 2 is 2.05 bits per heavy atom. The molecule has 0 atom stereocenters. The van der Waals surface area contributed by atoms with Crippen LogP contribution in [0.15, 0.2) is 12.1 Å². The van der Waals surface area contributed by atoms with E-state index in [1.165, 1.54) is 12.5 Å². The fourth-order valence-corrected chi connectivity index (χ4v) is 2.82. The van der Waals surface area contributed by atoms with Crippen LogP contribution in [0.3, 0.4) is 0 Å². The van der Waals surface area contributed by atoms with Gasteiger partial charge in [0.25, 0.3) is 0 Å². The van der Waals surface area contributed by atoms with Crippen molar-refractivity contribution >= 4 is 11.4 Å². The van der Waals surface area contributed by atoms with Crippen LogP contribution < -0.4 is 15.4 Å². The SMILES string of the molecule is CCCOc1cc(N2CCCC(C)(C)CC2)c(N)cc1F. The van der Waals surface area contributed by atoms with Crippen molar-refractivity contribution in [3.8, 4) is 5.75 Å². The average molecular weight is 294 g/mol. The van der Waals surface area contributed by atoms with Gasteiger partial charge < -0.3 is 15.4 Å². The number of nitrogens with two attached hydrogens (primary N) is 1. The number of anilines is 2. The summed E-state index contributed by atoms with van der Waals surface area (Å²) in [5.41, 5.74) is 7.80. The first-order valence-corrected chi connectivity index (χ1v) is 7.90. The monoisotopic (exact) mass is 294 g/mol. The van der Waals surface area contributed by atoms with Crippen molar-refractivity contribution in [2.45, 2.75) is 46.5 Å². The number of ether oxygens (including phenoxy) is 1. The Bertz CT molecular complexity index is 488. The van der Waals surface area contributed by atoms with Crippen molar-refractivity contribution in [2.24, 2.45) is 5.41 Å². The second-order valence-corrected chi connectivity index (χ2v) is 6.69. The van der Waals surface area contributed by atoms with Crippen LogP contribution in [0.1, 0.15) is 46.5 Å². The van der Waals surface area contributed by atoms with Crippen LogP contribution in [-0.2, 0) is 0 Å². The molecule has 2 rings (SSSR count). The molecule has 1 heterocycles. The van der Waals surface area contributed by atoms with Gasteiger partial charge in [0.2, 0.25) is 0 Å². The third kappa shape index (κ3) is 4.02. The molecule has 1 aromatic rings. The van der Waals surface area contributed by atoms with Gasteiger partial charge in [0.1, 0.15) is 0 Å². The van der Waals surface area contributed by atoms with Crippen LogP contribution in [0.25, 0.3) is 0 Å². The zero-order valence-electron chi connectivity index (χ0n) is 13.4. The predicted octanol–water partition coefficient (Wildman–Crippen LogP) is 4.21. The Balaban J connectivity index is 2.21. The second kappa shape index (κ2) is 6.54. The summed E-state index contributed by atoms with van der Waals surface area (Å²) in [6.07, 6.45) is 4.32. The van der Waals surface area contributed by atoms with Gasteiger partial charge in [-0.3, -0.25) is 0 Å². The molecule has 118 valence electrons. The van der Waals surface area contributed by atoms with Crippen molar-refractivity contribution in [1.29, 1.82) is 0 Å². The molecule has 1 aliphatic rings. The Hall–Kier alpha value is -1.45. The van der Waals surface area contributed by atoms with Crippen LogP contribution in [0.5, 0.6) is 5.75 Å². The lowest BCUT2D eigenvalue weighted by atomic mass is 9.85. The van der Waals surface area contributed by atoms with Crippen molar-refractivity contribution in [2.75, 3.05) is 30.3 Å². The Morgan fingerprint density at radius 1 is 1.29 bits per heavy atom. The lowest BCUT2D eigenvalue weighted by molar-refractivity contribution is 0.301. The Labute approximate surface area is 127 Å². The highest BCUT2D eigenvalue weighted by Crippen LogP contribution is 2.36. The first-order valence-electron chi connectivity index (χ1n) is 7.90. The fraction of sp³-hybridized carbons (Fsp3) is 0.647. The summed E-state index contributed by atoms with van der Waals surface area (Å²) in [5.74, 6) is -0.0654. The highest BCUT2D eigenvalue weighted by Gasteiger charge is 2.24. The highest BCUT2D eigenvalue weighted by atomic mass is 19.1. The van der Waals surface area contributed by atoms with Crippen molar-refractivity contribution in [1.82, 2.24) is 0 Å². The normalized spacial score (nSPS) is 18.4. The van der Waals surface area contributed by atoms with Crippen LogP contribution in [0.2, 0.25) is 0 Å². The Kier molecular flexibility index (Phi) is 4.96. The van der Waals surface area contributed by atoms with Crippen LogP contribution in [0.4, 0.5) is 15.8 Å². The van der Waals surface area contributed by atoms with E-state index in [1.807, 2.05) is 6.92 Å². The summed E-state index contributed by atoms with van der Waals surface area (Å²) in [7, 11) is 0. The average Bonchev–Trinajstić information content (AvgIpc) is 2.59. The fourth-order valence-electron chi connectivity index (χ4n) is 2.82. The molecular weight excluding hydrogens is 267 g/mol. The number of benzene rings is 1. The number of nitrogen functional groups attached to an aromatic ring is 1. The topological polar surface area (TPSA) is 38.5 Å². The molecule has 2 N–H and O–H groups in total. The third-order valence-corrected chi connectivity index (χ3v) is 4.22. The van der Waals surface area contributed by atoms with Gasteiger partial charge in [-0.2, -0.15) is 0 Å². The maximum absolute atomic E-state index is 13.9. The molecular formula is C17H27FN2O.